The zero-order valence-corrected chi connectivity index (χ0v) is 22.8. The minimum absolute atomic E-state index is 0.122. The van der Waals surface area contributed by atoms with Gasteiger partial charge in [-0.25, -0.2) is 17.2 Å². The molecule has 0 unspecified atom stereocenters. The second kappa shape index (κ2) is 11.3. The van der Waals surface area contributed by atoms with E-state index >= 15 is 0 Å². The zero-order valence-electron chi connectivity index (χ0n) is 22.0. The third kappa shape index (κ3) is 5.98. The molecule has 0 saturated carbocycles. The highest BCUT2D eigenvalue weighted by Gasteiger charge is 2.23. The molecule has 1 saturated heterocycles. The summed E-state index contributed by atoms with van der Waals surface area (Å²) in [5, 5.41) is 13.6. The number of amides is 1. The number of hydrogen-bond acceptors (Lipinski definition) is 7. The molecule has 3 N–H and O–H groups in total. The van der Waals surface area contributed by atoms with Crippen LogP contribution in [0.25, 0.3) is 10.9 Å². The van der Waals surface area contributed by atoms with E-state index in [4.69, 9.17) is 4.74 Å². The number of ether oxygens (including phenoxy) is 1. The number of carbonyl (C=O) groups is 1. The maximum absolute atomic E-state index is 13.7. The Morgan fingerprint density at radius 3 is 2.45 bits per heavy atom. The molecule has 1 fully saturated rings. The predicted molar refractivity (Wildman–Crippen MR) is 147 cm³/mol. The molecule has 0 bridgehead atoms. The Balaban J connectivity index is 1.46. The van der Waals surface area contributed by atoms with Crippen molar-refractivity contribution in [3.63, 3.8) is 0 Å². The number of aromatic nitrogens is 2. The molecule has 0 spiro atoms. The summed E-state index contributed by atoms with van der Waals surface area (Å²) in [6.07, 6.45) is 1.63. The normalized spacial score (nSPS) is 14.5. The van der Waals surface area contributed by atoms with Crippen molar-refractivity contribution in [1.29, 1.82) is 0 Å². The lowest BCUT2D eigenvalue weighted by Gasteiger charge is -2.25. The molecule has 5 rings (SSSR count). The summed E-state index contributed by atoms with van der Waals surface area (Å²) in [4.78, 5) is 14.8. The maximum Gasteiger partial charge on any atom is 0.258 e. The number of fused-ring (bicyclic) bond motifs is 1. The zero-order chi connectivity index (χ0) is 28.4. The van der Waals surface area contributed by atoms with Gasteiger partial charge < -0.3 is 20.3 Å². The number of hydrogen-bond donors (Lipinski definition) is 3. The van der Waals surface area contributed by atoms with E-state index < -0.39 is 32.3 Å². The standard InChI is InChI=1S/C28H29F2N5O4S/c1-35(2)16-17-3-5-23(26(11-17)31-20-7-9-39-10-8-20)28(36)32-27-24-15-21(4-6-25(24)33-34-27)40(37,38)22-13-18(29)12-19(30)14-22/h3-6,11-15,20,31H,7-10,16H2,1-2H3,(H2,32,33,34,36). The van der Waals surface area contributed by atoms with Crippen LogP contribution in [0.2, 0.25) is 0 Å². The van der Waals surface area contributed by atoms with Crippen LogP contribution in [0.1, 0.15) is 28.8 Å². The molecular weight excluding hydrogens is 540 g/mol. The van der Waals surface area contributed by atoms with Crippen LogP contribution in [0, 0.1) is 11.6 Å². The van der Waals surface area contributed by atoms with Crippen molar-refractivity contribution in [3.05, 3.63) is 77.4 Å². The summed E-state index contributed by atoms with van der Waals surface area (Å²) in [7, 11) is -0.314. The number of halogens is 2. The van der Waals surface area contributed by atoms with Gasteiger partial charge in [0.25, 0.3) is 5.91 Å². The van der Waals surface area contributed by atoms with Gasteiger partial charge in [0.05, 0.1) is 20.9 Å². The van der Waals surface area contributed by atoms with Crippen molar-refractivity contribution >= 4 is 38.2 Å². The highest BCUT2D eigenvalue weighted by atomic mass is 32.2. The first kappa shape index (κ1) is 27.7. The van der Waals surface area contributed by atoms with Crippen LogP contribution in [0.3, 0.4) is 0 Å². The van der Waals surface area contributed by atoms with Gasteiger partial charge in [-0.2, -0.15) is 5.10 Å². The van der Waals surface area contributed by atoms with Gasteiger partial charge in [0, 0.05) is 42.9 Å². The minimum atomic E-state index is -4.25. The number of aromatic amines is 1. The van der Waals surface area contributed by atoms with Crippen molar-refractivity contribution in [1.82, 2.24) is 15.1 Å². The summed E-state index contributed by atoms with van der Waals surface area (Å²) < 4.78 is 59.2. The average molecular weight is 570 g/mol. The lowest BCUT2D eigenvalue weighted by Crippen LogP contribution is -2.29. The van der Waals surface area contributed by atoms with Gasteiger partial charge in [-0.3, -0.25) is 9.89 Å². The Hall–Kier alpha value is -3.87. The van der Waals surface area contributed by atoms with Gasteiger partial charge >= 0.3 is 0 Å². The fraction of sp³-hybridized carbons (Fsp3) is 0.286. The molecule has 12 heteroatoms. The molecule has 9 nitrogen and oxygen atoms in total. The fourth-order valence-corrected chi connectivity index (χ4v) is 6.01. The Labute approximate surface area is 230 Å². The van der Waals surface area contributed by atoms with Gasteiger partial charge in [0.2, 0.25) is 9.84 Å². The van der Waals surface area contributed by atoms with Crippen LogP contribution in [-0.4, -0.2) is 62.8 Å². The van der Waals surface area contributed by atoms with Crippen LogP contribution < -0.4 is 10.6 Å². The quantitative estimate of drug-likeness (QED) is 0.285. The number of nitrogens with one attached hydrogen (secondary N) is 3. The Kier molecular flexibility index (Phi) is 7.83. The van der Waals surface area contributed by atoms with Crippen LogP contribution in [-0.2, 0) is 21.1 Å². The molecule has 2 heterocycles. The Bertz CT molecular complexity index is 1650. The van der Waals surface area contributed by atoms with Crippen LogP contribution in [0.4, 0.5) is 20.3 Å². The molecule has 1 aliphatic heterocycles. The molecule has 1 aromatic heterocycles. The number of nitrogens with zero attached hydrogens (tertiary/aromatic N) is 2. The van der Waals surface area contributed by atoms with Gasteiger partial charge in [-0.15, -0.1) is 0 Å². The number of benzene rings is 3. The first-order valence-electron chi connectivity index (χ1n) is 12.7. The van der Waals surface area contributed by atoms with E-state index in [1.54, 1.807) is 6.07 Å². The Morgan fingerprint density at radius 2 is 1.75 bits per heavy atom. The molecule has 0 aliphatic carbocycles. The second-order valence-corrected chi connectivity index (χ2v) is 11.9. The minimum Gasteiger partial charge on any atom is -0.381 e. The van der Waals surface area contributed by atoms with E-state index in [9.17, 15) is 22.0 Å². The predicted octanol–water partition coefficient (Wildman–Crippen LogP) is 4.58. The molecule has 1 aliphatic rings. The summed E-state index contributed by atoms with van der Waals surface area (Å²) >= 11 is 0. The molecular formula is C28H29F2N5O4S. The highest BCUT2D eigenvalue weighted by molar-refractivity contribution is 7.91. The second-order valence-electron chi connectivity index (χ2n) is 9.99. The lowest BCUT2D eigenvalue weighted by molar-refractivity contribution is 0.0904. The first-order chi connectivity index (χ1) is 19.1. The molecule has 3 aromatic carbocycles. The van der Waals surface area contributed by atoms with Crippen molar-refractivity contribution in [3.8, 4) is 0 Å². The van der Waals surface area contributed by atoms with E-state index in [1.807, 2.05) is 31.1 Å². The van der Waals surface area contributed by atoms with Gasteiger partial charge in [-0.1, -0.05) is 6.07 Å². The first-order valence-corrected chi connectivity index (χ1v) is 14.2. The third-order valence-electron chi connectivity index (χ3n) is 6.63. The smallest absolute Gasteiger partial charge is 0.258 e. The fourth-order valence-electron chi connectivity index (χ4n) is 4.68. The monoisotopic (exact) mass is 569 g/mol. The number of anilines is 2. The van der Waals surface area contributed by atoms with Crippen LogP contribution >= 0.6 is 0 Å². The molecule has 1 amide bonds. The van der Waals surface area contributed by atoms with Crippen molar-refractivity contribution in [2.45, 2.75) is 35.2 Å². The number of rotatable bonds is 8. The van der Waals surface area contributed by atoms with Gasteiger partial charge in [0.1, 0.15) is 11.6 Å². The largest absolute Gasteiger partial charge is 0.381 e. The van der Waals surface area contributed by atoms with E-state index in [1.165, 1.54) is 18.2 Å². The summed E-state index contributed by atoms with van der Waals surface area (Å²) in [6.45, 7) is 1.98. The SMILES string of the molecule is CN(C)Cc1ccc(C(=O)Nc2n[nH]c3ccc(S(=O)(=O)c4cc(F)cc(F)c4)cc23)c(NC2CCOCC2)c1. The van der Waals surface area contributed by atoms with Crippen LogP contribution in [0.15, 0.2) is 64.4 Å². The summed E-state index contributed by atoms with van der Waals surface area (Å²) in [6, 6.07) is 12.0. The summed E-state index contributed by atoms with van der Waals surface area (Å²) in [5.41, 5.74) is 2.59. The number of H-pyrrole nitrogens is 1. The topological polar surface area (TPSA) is 116 Å². The Morgan fingerprint density at radius 1 is 1.02 bits per heavy atom. The van der Waals surface area contributed by atoms with Gasteiger partial charge in [0.15, 0.2) is 5.82 Å². The molecule has 210 valence electrons. The molecule has 40 heavy (non-hydrogen) atoms. The van der Waals surface area contributed by atoms with E-state index in [0.29, 0.717) is 48.0 Å². The number of sulfone groups is 1. The van der Waals surface area contributed by atoms with Crippen LogP contribution in [0.5, 0.6) is 0 Å². The van der Waals surface area contributed by atoms with Gasteiger partial charge in [-0.05, 0) is 75.0 Å². The van der Waals surface area contributed by atoms with E-state index in [0.717, 1.165) is 30.5 Å². The lowest BCUT2D eigenvalue weighted by atomic mass is 10.0. The van der Waals surface area contributed by atoms with E-state index in [2.05, 4.69) is 20.8 Å². The van der Waals surface area contributed by atoms with E-state index in [-0.39, 0.29) is 16.8 Å². The summed E-state index contributed by atoms with van der Waals surface area (Å²) in [5.74, 6) is -2.31. The maximum atomic E-state index is 13.7. The average Bonchev–Trinajstić information content (AvgIpc) is 3.30. The third-order valence-corrected chi connectivity index (χ3v) is 8.36. The molecule has 4 aromatic rings. The highest BCUT2D eigenvalue weighted by Crippen LogP contribution is 2.30. The molecule has 0 radical (unpaired) electrons. The van der Waals surface area contributed by atoms with Crippen molar-refractivity contribution < 1.29 is 26.7 Å². The van der Waals surface area contributed by atoms with Crippen molar-refractivity contribution in [2.75, 3.05) is 37.9 Å². The van der Waals surface area contributed by atoms with Crippen molar-refractivity contribution in [2.24, 2.45) is 0 Å². The number of carbonyl (C=O) groups excluding carboxylic acids is 1. The molecule has 0 atom stereocenters.